The van der Waals surface area contributed by atoms with Crippen molar-refractivity contribution >= 4 is 72.7 Å². The third-order valence-corrected chi connectivity index (χ3v) is 8.39. The van der Waals surface area contributed by atoms with Crippen molar-refractivity contribution in [3.63, 3.8) is 0 Å². The van der Waals surface area contributed by atoms with Crippen molar-refractivity contribution < 1.29 is 14.4 Å². The van der Waals surface area contributed by atoms with Gasteiger partial charge in [0, 0.05) is 11.0 Å². The van der Waals surface area contributed by atoms with Crippen LogP contribution in [0.1, 0.15) is 12.0 Å². The van der Waals surface area contributed by atoms with E-state index in [-0.39, 0.29) is 36.4 Å². The van der Waals surface area contributed by atoms with Crippen molar-refractivity contribution in [2.24, 2.45) is 0 Å². The van der Waals surface area contributed by atoms with Gasteiger partial charge in [-0.2, -0.15) is 0 Å². The first kappa shape index (κ1) is 23.7. The van der Waals surface area contributed by atoms with Crippen molar-refractivity contribution in [3.05, 3.63) is 88.9 Å². The van der Waals surface area contributed by atoms with E-state index in [0.29, 0.717) is 5.69 Å². The topological polar surface area (TPSA) is 70.6 Å². The zero-order valence-corrected chi connectivity index (χ0v) is 21.7. The molecule has 0 radical (unpaired) electrons. The number of fused-ring (bicyclic) bond motifs is 1. The molecule has 0 saturated carbocycles. The Kier molecular flexibility index (Phi) is 6.99. The molecule has 0 bridgehead atoms. The number of nitrogens with zero attached hydrogens (tertiary/aromatic N) is 3. The van der Waals surface area contributed by atoms with Gasteiger partial charge in [-0.1, -0.05) is 70.2 Å². The lowest BCUT2D eigenvalue weighted by Gasteiger charge is -2.27. The number of hydrogen-bond donors (Lipinski definition) is 0. The molecular weight excluding hydrogens is 546 g/mol. The van der Waals surface area contributed by atoms with Gasteiger partial charge in [0.05, 0.1) is 28.1 Å². The Hall–Kier alpha value is -3.01. The molecule has 1 unspecified atom stereocenters. The Bertz CT molecular complexity index is 1360. The quantitative estimate of drug-likeness (QED) is 0.218. The molecule has 4 aromatic rings. The van der Waals surface area contributed by atoms with Gasteiger partial charge in [-0.05, 0) is 42.0 Å². The van der Waals surface area contributed by atoms with E-state index in [1.165, 1.54) is 32.9 Å². The number of aromatic nitrogens is 1. The summed E-state index contributed by atoms with van der Waals surface area (Å²) in [5, 5.41) is 0. The Morgan fingerprint density at radius 1 is 1.03 bits per heavy atom. The molecule has 1 aromatic heterocycles. The van der Waals surface area contributed by atoms with Gasteiger partial charge in [0.25, 0.3) is 5.91 Å². The Morgan fingerprint density at radius 3 is 2.49 bits per heavy atom. The molecule has 176 valence electrons. The van der Waals surface area contributed by atoms with Crippen LogP contribution in [0, 0.1) is 0 Å². The minimum Gasteiger partial charge on any atom is -0.325 e. The van der Waals surface area contributed by atoms with Gasteiger partial charge in [0.15, 0.2) is 4.34 Å². The third-order valence-electron chi connectivity index (χ3n) is 5.69. The highest BCUT2D eigenvalue weighted by atomic mass is 79.9. The molecule has 3 aromatic carbocycles. The van der Waals surface area contributed by atoms with Crippen LogP contribution in [-0.4, -0.2) is 39.4 Å². The minimum atomic E-state index is -0.852. The van der Waals surface area contributed by atoms with E-state index in [9.17, 15) is 14.4 Å². The number of hydrogen-bond acceptors (Lipinski definition) is 6. The van der Waals surface area contributed by atoms with Gasteiger partial charge >= 0.3 is 0 Å². The summed E-state index contributed by atoms with van der Waals surface area (Å²) in [5.41, 5.74) is 2.30. The second kappa shape index (κ2) is 10.3. The Morgan fingerprint density at radius 2 is 1.74 bits per heavy atom. The van der Waals surface area contributed by atoms with E-state index < -0.39 is 6.04 Å². The van der Waals surface area contributed by atoms with Crippen LogP contribution in [-0.2, 0) is 20.9 Å². The first-order valence-electron chi connectivity index (χ1n) is 10.9. The Balaban J connectivity index is 1.38. The molecule has 2 heterocycles. The van der Waals surface area contributed by atoms with Crippen molar-refractivity contribution in [2.45, 2.75) is 23.3 Å². The number of halogens is 1. The van der Waals surface area contributed by atoms with Crippen LogP contribution < -0.4 is 4.90 Å². The molecule has 1 atom stereocenters. The first-order valence-corrected chi connectivity index (χ1v) is 13.5. The lowest BCUT2D eigenvalue weighted by Crippen LogP contribution is -2.45. The molecule has 3 amide bonds. The molecule has 1 aliphatic rings. The summed E-state index contributed by atoms with van der Waals surface area (Å²) in [4.78, 5) is 47.1. The van der Waals surface area contributed by atoms with Gasteiger partial charge in [0.2, 0.25) is 11.8 Å². The predicted octanol–water partition coefficient (Wildman–Crippen LogP) is 5.51. The maximum atomic E-state index is 13.5. The van der Waals surface area contributed by atoms with Crippen molar-refractivity contribution in [2.75, 3.05) is 10.7 Å². The number of thioether (sulfide) groups is 1. The summed E-state index contributed by atoms with van der Waals surface area (Å²) in [5.74, 6) is -0.774. The molecule has 1 fully saturated rings. The van der Waals surface area contributed by atoms with Gasteiger partial charge < -0.3 is 4.90 Å². The van der Waals surface area contributed by atoms with Gasteiger partial charge in [-0.25, -0.2) is 9.88 Å². The molecule has 1 aliphatic heterocycles. The smallest absolute Gasteiger partial charge is 0.257 e. The summed E-state index contributed by atoms with van der Waals surface area (Å²) >= 11 is 6.26. The fourth-order valence-electron chi connectivity index (χ4n) is 3.99. The van der Waals surface area contributed by atoms with Crippen LogP contribution in [0.2, 0.25) is 0 Å². The monoisotopic (exact) mass is 565 g/mol. The summed E-state index contributed by atoms with van der Waals surface area (Å²) < 4.78 is 2.71. The highest BCUT2D eigenvalue weighted by Gasteiger charge is 2.44. The number of imide groups is 1. The standard InChI is InChI=1S/C26H20BrN3O3S2/c27-18-10-12-19(13-11-18)30-23(31)14-21(25(30)33)29(15-17-6-2-1-3-7-17)24(32)16-34-26-28-20-8-4-5-9-22(20)35-26/h1-13,21H,14-16H2. The molecule has 0 aliphatic carbocycles. The predicted molar refractivity (Wildman–Crippen MR) is 142 cm³/mol. The highest BCUT2D eigenvalue weighted by Crippen LogP contribution is 2.31. The fourth-order valence-corrected chi connectivity index (χ4v) is 6.21. The average Bonchev–Trinajstić information content (AvgIpc) is 3.42. The molecule has 0 N–H and O–H groups in total. The summed E-state index contributed by atoms with van der Waals surface area (Å²) in [6, 6.07) is 23.5. The third kappa shape index (κ3) is 5.17. The van der Waals surface area contributed by atoms with E-state index in [1.807, 2.05) is 54.6 Å². The number of para-hydroxylation sites is 1. The van der Waals surface area contributed by atoms with Crippen LogP contribution in [0.15, 0.2) is 87.7 Å². The SMILES string of the molecule is O=C1CC(N(Cc2ccccc2)C(=O)CSc2nc3ccccc3s2)C(=O)N1c1ccc(Br)cc1. The molecular formula is C26H20BrN3O3S2. The lowest BCUT2D eigenvalue weighted by atomic mass is 10.1. The number of carbonyl (C=O) groups is 3. The minimum absolute atomic E-state index is 0.0424. The van der Waals surface area contributed by atoms with Crippen molar-refractivity contribution in [3.8, 4) is 0 Å². The zero-order chi connectivity index (χ0) is 24.4. The van der Waals surface area contributed by atoms with E-state index in [1.54, 1.807) is 24.3 Å². The largest absolute Gasteiger partial charge is 0.325 e. The number of rotatable bonds is 7. The van der Waals surface area contributed by atoms with Crippen LogP contribution in [0.3, 0.4) is 0 Å². The molecule has 6 nitrogen and oxygen atoms in total. The summed E-state index contributed by atoms with van der Waals surface area (Å²) in [6.07, 6.45) is -0.0424. The average molecular weight is 567 g/mol. The summed E-state index contributed by atoms with van der Waals surface area (Å²) in [6.45, 7) is 0.248. The van der Waals surface area contributed by atoms with E-state index in [4.69, 9.17) is 0 Å². The fraction of sp³-hybridized carbons (Fsp3) is 0.154. The Labute approximate surface area is 219 Å². The van der Waals surface area contributed by atoms with Gasteiger partial charge in [-0.3, -0.25) is 14.4 Å². The van der Waals surface area contributed by atoms with Crippen LogP contribution in [0.25, 0.3) is 10.2 Å². The van der Waals surface area contributed by atoms with Crippen LogP contribution >= 0.6 is 39.0 Å². The van der Waals surface area contributed by atoms with Crippen LogP contribution in [0.5, 0.6) is 0 Å². The number of carbonyl (C=O) groups excluding carboxylic acids is 3. The first-order chi connectivity index (χ1) is 17.0. The lowest BCUT2D eigenvalue weighted by molar-refractivity contribution is -0.136. The number of amides is 3. The van der Waals surface area contributed by atoms with Crippen molar-refractivity contribution in [1.29, 1.82) is 0 Å². The molecule has 9 heteroatoms. The molecule has 5 rings (SSSR count). The number of benzene rings is 3. The van der Waals surface area contributed by atoms with E-state index in [0.717, 1.165) is 24.6 Å². The molecule has 1 saturated heterocycles. The second-order valence-corrected chi connectivity index (χ2v) is 11.2. The van der Waals surface area contributed by atoms with Gasteiger partial charge in [0.1, 0.15) is 6.04 Å². The normalized spacial score (nSPS) is 15.7. The second-order valence-electron chi connectivity index (χ2n) is 8.01. The van der Waals surface area contributed by atoms with E-state index in [2.05, 4.69) is 20.9 Å². The maximum absolute atomic E-state index is 13.5. The highest BCUT2D eigenvalue weighted by molar-refractivity contribution is 9.10. The molecule has 35 heavy (non-hydrogen) atoms. The van der Waals surface area contributed by atoms with Crippen molar-refractivity contribution in [1.82, 2.24) is 9.88 Å². The maximum Gasteiger partial charge on any atom is 0.257 e. The number of anilines is 1. The van der Waals surface area contributed by atoms with E-state index >= 15 is 0 Å². The summed E-state index contributed by atoms with van der Waals surface area (Å²) in [7, 11) is 0. The zero-order valence-electron chi connectivity index (χ0n) is 18.5. The van der Waals surface area contributed by atoms with Gasteiger partial charge in [-0.15, -0.1) is 11.3 Å². The van der Waals surface area contributed by atoms with Crippen LogP contribution in [0.4, 0.5) is 5.69 Å². The molecule has 0 spiro atoms. The number of thiazole rings is 1.